The topological polar surface area (TPSA) is 21.3 Å². The van der Waals surface area contributed by atoms with E-state index in [0.717, 1.165) is 18.9 Å². The Hall–Kier alpha value is -0.930. The van der Waals surface area contributed by atoms with Gasteiger partial charge >= 0.3 is 0 Å². The van der Waals surface area contributed by atoms with Crippen LogP contribution in [0.2, 0.25) is 0 Å². The predicted molar refractivity (Wildman–Crippen MR) is 80.2 cm³/mol. The molecule has 3 heteroatoms. The Balaban J connectivity index is 1.96. The van der Waals surface area contributed by atoms with Gasteiger partial charge in [0, 0.05) is 24.3 Å². The summed E-state index contributed by atoms with van der Waals surface area (Å²) in [5.41, 5.74) is 0.656. The van der Waals surface area contributed by atoms with E-state index in [-0.39, 0.29) is 17.5 Å². The van der Waals surface area contributed by atoms with Crippen LogP contribution in [0.15, 0.2) is 24.3 Å². The van der Waals surface area contributed by atoms with Gasteiger partial charge in [0.1, 0.15) is 5.82 Å². The van der Waals surface area contributed by atoms with Gasteiger partial charge in [0.2, 0.25) is 0 Å². The molecule has 0 bridgehead atoms. The SMILES string of the molecule is CC(C)(C)NCC(OCCC1CC1)c1ccccc1F. The van der Waals surface area contributed by atoms with Gasteiger partial charge in [0.25, 0.3) is 0 Å². The molecule has 1 aliphatic rings. The lowest BCUT2D eigenvalue weighted by Crippen LogP contribution is -2.39. The fraction of sp³-hybridized carbons (Fsp3) is 0.647. The first-order chi connectivity index (χ1) is 9.46. The monoisotopic (exact) mass is 279 g/mol. The highest BCUT2D eigenvalue weighted by molar-refractivity contribution is 5.20. The van der Waals surface area contributed by atoms with Gasteiger partial charge in [-0.2, -0.15) is 0 Å². The Morgan fingerprint density at radius 1 is 1.30 bits per heavy atom. The van der Waals surface area contributed by atoms with E-state index in [2.05, 4.69) is 26.1 Å². The molecule has 0 spiro atoms. The van der Waals surface area contributed by atoms with Crippen molar-refractivity contribution in [3.05, 3.63) is 35.6 Å². The van der Waals surface area contributed by atoms with Gasteiger partial charge in [0.15, 0.2) is 0 Å². The van der Waals surface area contributed by atoms with Crippen molar-refractivity contribution in [2.24, 2.45) is 5.92 Å². The number of rotatable bonds is 7. The molecule has 0 amide bonds. The number of hydrogen-bond donors (Lipinski definition) is 1. The Morgan fingerprint density at radius 3 is 2.60 bits per heavy atom. The summed E-state index contributed by atoms with van der Waals surface area (Å²) in [6.07, 6.45) is 3.54. The van der Waals surface area contributed by atoms with Crippen LogP contribution >= 0.6 is 0 Å². The standard InChI is InChI=1S/C17H26FNO/c1-17(2,3)19-12-16(20-11-10-13-8-9-13)14-6-4-5-7-15(14)18/h4-7,13,16,19H,8-12H2,1-3H3. The van der Waals surface area contributed by atoms with Crippen molar-refractivity contribution >= 4 is 0 Å². The molecule has 2 rings (SSSR count). The maximum atomic E-state index is 14.0. The third-order valence-corrected chi connectivity index (χ3v) is 3.61. The van der Waals surface area contributed by atoms with Gasteiger partial charge in [-0.25, -0.2) is 4.39 Å². The van der Waals surface area contributed by atoms with Crippen LogP contribution < -0.4 is 5.32 Å². The molecule has 0 aliphatic heterocycles. The number of halogens is 1. The molecule has 1 fully saturated rings. The lowest BCUT2D eigenvalue weighted by molar-refractivity contribution is 0.0422. The van der Waals surface area contributed by atoms with E-state index in [9.17, 15) is 4.39 Å². The van der Waals surface area contributed by atoms with Crippen molar-refractivity contribution in [2.75, 3.05) is 13.2 Å². The Kier molecular flexibility index (Phi) is 5.17. The molecule has 0 heterocycles. The van der Waals surface area contributed by atoms with Crippen LogP contribution in [0.25, 0.3) is 0 Å². The quantitative estimate of drug-likeness (QED) is 0.812. The predicted octanol–water partition coefficient (Wildman–Crippen LogP) is 4.07. The van der Waals surface area contributed by atoms with Crippen LogP contribution in [0.1, 0.15) is 51.7 Å². The summed E-state index contributed by atoms with van der Waals surface area (Å²) in [6, 6.07) is 6.91. The molecule has 1 aliphatic carbocycles. The van der Waals surface area contributed by atoms with Crippen molar-refractivity contribution in [1.82, 2.24) is 5.32 Å². The van der Waals surface area contributed by atoms with Crippen LogP contribution in [0, 0.1) is 11.7 Å². The molecular weight excluding hydrogens is 253 g/mol. The van der Waals surface area contributed by atoms with E-state index < -0.39 is 0 Å². The second-order valence-electron chi connectivity index (χ2n) is 6.74. The van der Waals surface area contributed by atoms with E-state index in [4.69, 9.17) is 4.74 Å². The first kappa shape index (κ1) is 15.5. The van der Waals surface area contributed by atoms with Gasteiger partial charge < -0.3 is 10.1 Å². The molecule has 20 heavy (non-hydrogen) atoms. The first-order valence-electron chi connectivity index (χ1n) is 7.57. The Morgan fingerprint density at radius 2 is 2.00 bits per heavy atom. The molecular formula is C17H26FNO. The number of benzene rings is 1. The lowest BCUT2D eigenvalue weighted by Gasteiger charge is -2.26. The van der Waals surface area contributed by atoms with E-state index in [1.165, 1.54) is 18.9 Å². The summed E-state index contributed by atoms with van der Waals surface area (Å²) in [4.78, 5) is 0. The van der Waals surface area contributed by atoms with Gasteiger partial charge in [-0.3, -0.25) is 0 Å². The van der Waals surface area contributed by atoms with Crippen LogP contribution in [-0.2, 0) is 4.74 Å². The number of hydrogen-bond acceptors (Lipinski definition) is 2. The van der Waals surface area contributed by atoms with Gasteiger partial charge in [-0.05, 0) is 39.2 Å². The van der Waals surface area contributed by atoms with Crippen LogP contribution in [0.5, 0.6) is 0 Å². The van der Waals surface area contributed by atoms with Crippen LogP contribution in [0.3, 0.4) is 0 Å². The van der Waals surface area contributed by atoms with Crippen LogP contribution in [0.4, 0.5) is 4.39 Å². The second kappa shape index (κ2) is 6.68. The van der Waals surface area contributed by atoms with Crippen molar-refractivity contribution < 1.29 is 9.13 Å². The minimum atomic E-state index is -0.214. The molecule has 112 valence electrons. The highest BCUT2D eigenvalue weighted by Gasteiger charge is 2.23. The van der Waals surface area contributed by atoms with E-state index in [1.807, 2.05) is 12.1 Å². The molecule has 1 saturated carbocycles. The zero-order chi connectivity index (χ0) is 14.6. The van der Waals surface area contributed by atoms with Gasteiger partial charge in [0.05, 0.1) is 6.10 Å². The smallest absolute Gasteiger partial charge is 0.129 e. The average molecular weight is 279 g/mol. The maximum Gasteiger partial charge on any atom is 0.129 e. The highest BCUT2D eigenvalue weighted by atomic mass is 19.1. The molecule has 1 unspecified atom stereocenters. The van der Waals surface area contributed by atoms with E-state index in [1.54, 1.807) is 6.07 Å². The molecule has 2 nitrogen and oxygen atoms in total. The summed E-state index contributed by atoms with van der Waals surface area (Å²) in [5, 5.41) is 3.41. The highest BCUT2D eigenvalue weighted by Crippen LogP contribution is 2.33. The Bertz CT molecular complexity index is 423. The third kappa shape index (κ3) is 5.22. The van der Waals surface area contributed by atoms with Crippen molar-refractivity contribution in [2.45, 2.75) is 51.7 Å². The molecule has 1 aromatic carbocycles. The summed E-state index contributed by atoms with van der Waals surface area (Å²) < 4.78 is 19.9. The third-order valence-electron chi connectivity index (χ3n) is 3.61. The first-order valence-corrected chi connectivity index (χ1v) is 7.57. The fourth-order valence-corrected chi connectivity index (χ4v) is 2.18. The summed E-state index contributed by atoms with van der Waals surface area (Å²) in [7, 11) is 0. The molecule has 0 aromatic heterocycles. The number of ether oxygens (including phenoxy) is 1. The largest absolute Gasteiger partial charge is 0.372 e. The molecule has 0 radical (unpaired) electrons. The average Bonchev–Trinajstić information content (AvgIpc) is 3.17. The molecule has 1 aromatic rings. The fourth-order valence-electron chi connectivity index (χ4n) is 2.18. The zero-order valence-corrected chi connectivity index (χ0v) is 12.8. The van der Waals surface area contributed by atoms with Crippen molar-refractivity contribution in [1.29, 1.82) is 0 Å². The second-order valence-corrected chi connectivity index (χ2v) is 6.74. The zero-order valence-electron chi connectivity index (χ0n) is 12.8. The normalized spacial score (nSPS) is 17.2. The minimum Gasteiger partial charge on any atom is -0.372 e. The maximum absolute atomic E-state index is 14.0. The minimum absolute atomic E-state index is 0.00333. The Labute approximate surface area is 121 Å². The van der Waals surface area contributed by atoms with E-state index in [0.29, 0.717) is 12.1 Å². The number of nitrogens with one attached hydrogen (secondary N) is 1. The lowest BCUT2D eigenvalue weighted by atomic mass is 10.1. The van der Waals surface area contributed by atoms with Crippen molar-refractivity contribution in [3.63, 3.8) is 0 Å². The van der Waals surface area contributed by atoms with Gasteiger partial charge in [-0.1, -0.05) is 31.0 Å². The summed E-state index contributed by atoms with van der Waals surface area (Å²) in [6.45, 7) is 7.67. The van der Waals surface area contributed by atoms with Crippen LogP contribution in [-0.4, -0.2) is 18.7 Å². The molecule has 1 N–H and O–H groups in total. The molecule has 1 atom stereocenters. The molecule has 0 saturated heterocycles. The van der Waals surface area contributed by atoms with Crippen molar-refractivity contribution in [3.8, 4) is 0 Å². The van der Waals surface area contributed by atoms with Gasteiger partial charge in [-0.15, -0.1) is 0 Å². The van der Waals surface area contributed by atoms with E-state index >= 15 is 0 Å². The summed E-state index contributed by atoms with van der Waals surface area (Å²) in [5.74, 6) is 0.659. The summed E-state index contributed by atoms with van der Waals surface area (Å²) >= 11 is 0.